The van der Waals surface area contributed by atoms with Crippen molar-refractivity contribution in [2.75, 3.05) is 0 Å². The normalized spacial score (nSPS) is 11.0. The summed E-state index contributed by atoms with van der Waals surface area (Å²) in [6.45, 7) is 3.03. The van der Waals surface area contributed by atoms with E-state index in [1.807, 2.05) is 0 Å². The zero-order chi connectivity index (χ0) is 6.78. The largest absolute Gasteiger partial charge is 0.372 e. The molecule has 0 fully saturated rings. The third kappa shape index (κ3) is 1.90. The van der Waals surface area contributed by atoms with Crippen LogP contribution in [-0.4, -0.2) is 11.5 Å². The van der Waals surface area contributed by atoms with Crippen LogP contribution in [0.25, 0.3) is 0 Å². The number of rotatable bonds is 1. The molecule has 0 heterocycles. The first-order valence-electron chi connectivity index (χ1n) is 2.18. The van der Waals surface area contributed by atoms with Gasteiger partial charge in [0.05, 0.1) is 0 Å². The van der Waals surface area contributed by atoms with E-state index in [-0.39, 0.29) is 0 Å². The molecule has 0 bridgehead atoms. The smallest absolute Gasteiger partial charge is 0.343 e. The number of carbonyl (C=O) groups is 1. The van der Waals surface area contributed by atoms with Crippen molar-refractivity contribution in [2.24, 2.45) is 11.6 Å². The summed E-state index contributed by atoms with van der Waals surface area (Å²) < 4.78 is 0. The lowest BCUT2D eigenvalue weighted by Crippen LogP contribution is -2.43. The van der Waals surface area contributed by atoms with Crippen LogP contribution in [0.4, 0.5) is 0 Å². The minimum Gasteiger partial charge on any atom is -0.372 e. The van der Waals surface area contributed by atoms with Gasteiger partial charge in [0, 0.05) is 0 Å². The van der Waals surface area contributed by atoms with E-state index in [0.29, 0.717) is 0 Å². The molecule has 0 aromatic rings. The second-order valence-corrected chi connectivity index (χ2v) is 2.13. The highest BCUT2D eigenvalue weighted by Gasteiger charge is 2.22. The van der Waals surface area contributed by atoms with Crippen molar-refractivity contribution < 1.29 is 9.63 Å². The molecule has 0 aromatic carbocycles. The van der Waals surface area contributed by atoms with E-state index >= 15 is 0 Å². The lowest BCUT2D eigenvalue weighted by molar-refractivity contribution is -0.149. The Morgan fingerprint density at radius 1 is 1.62 bits per heavy atom. The molecule has 0 aliphatic heterocycles. The van der Waals surface area contributed by atoms with E-state index < -0.39 is 11.5 Å². The van der Waals surface area contributed by atoms with Crippen LogP contribution in [0.3, 0.4) is 0 Å². The lowest BCUT2D eigenvalue weighted by atomic mass is 10.1. The van der Waals surface area contributed by atoms with E-state index in [1.165, 1.54) is 13.8 Å². The fraction of sp³-hybridized carbons (Fsp3) is 0.750. The molecule has 4 heteroatoms. The topological polar surface area (TPSA) is 78.3 Å². The van der Waals surface area contributed by atoms with Gasteiger partial charge in [0.1, 0.15) is 5.54 Å². The van der Waals surface area contributed by atoms with Crippen LogP contribution >= 0.6 is 0 Å². The molecule has 0 radical (unpaired) electrons. The highest BCUT2D eigenvalue weighted by molar-refractivity contribution is 5.78. The summed E-state index contributed by atoms with van der Waals surface area (Å²) in [5.74, 6) is 3.92. The van der Waals surface area contributed by atoms with Crippen LogP contribution < -0.4 is 11.6 Å². The molecular formula is C4H10N2O2. The summed E-state index contributed by atoms with van der Waals surface area (Å²) in [7, 11) is 0. The van der Waals surface area contributed by atoms with E-state index in [1.54, 1.807) is 0 Å². The minimum absolute atomic E-state index is 0.613. The zero-order valence-electron chi connectivity index (χ0n) is 4.97. The van der Waals surface area contributed by atoms with Gasteiger partial charge >= 0.3 is 5.97 Å². The quantitative estimate of drug-likeness (QED) is 0.439. The van der Waals surface area contributed by atoms with Gasteiger partial charge in [-0.3, -0.25) is 0 Å². The molecule has 0 aliphatic rings. The van der Waals surface area contributed by atoms with Crippen LogP contribution in [0.5, 0.6) is 0 Å². The molecule has 48 valence electrons. The minimum atomic E-state index is -0.977. The number of hydrogen-bond donors (Lipinski definition) is 2. The first-order valence-corrected chi connectivity index (χ1v) is 2.18. The third-order valence-corrected chi connectivity index (χ3v) is 0.633. The average molecular weight is 118 g/mol. The van der Waals surface area contributed by atoms with Gasteiger partial charge in [-0.25, -0.2) is 4.79 Å². The molecule has 8 heavy (non-hydrogen) atoms. The lowest BCUT2D eigenvalue weighted by Gasteiger charge is -2.12. The third-order valence-electron chi connectivity index (χ3n) is 0.633. The fourth-order valence-corrected chi connectivity index (χ4v) is 0.152. The van der Waals surface area contributed by atoms with Crippen LogP contribution in [0, 0.1) is 0 Å². The molecule has 0 rings (SSSR count). The summed E-state index contributed by atoms with van der Waals surface area (Å²) in [4.78, 5) is 14.2. The summed E-state index contributed by atoms with van der Waals surface area (Å²) in [5, 5.41) is 0. The monoisotopic (exact) mass is 118 g/mol. The Bertz CT molecular complexity index is 94.7. The Morgan fingerprint density at radius 2 is 2.00 bits per heavy atom. The van der Waals surface area contributed by atoms with Crippen molar-refractivity contribution in [1.82, 2.24) is 0 Å². The molecule has 4 nitrogen and oxygen atoms in total. The van der Waals surface area contributed by atoms with Gasteiger partial charge in [0.15, 0.2) is 0 Å². The van der Waals surface area contributed by atoms with Crippen LogP contribution in [0.2, 0.25) is 0 Å². The number of nitrogens with two attached hydrogens (primary N) is 2. The van der Waals surface area contributed by atoms with Gasteiger partial charge in [-0.05, 0) is 13.8 Å². The van der Waals surface area contributed by atoms with Crippen molar-refractivity contribution >= 4 is 5.97 Å². The predicted molar refractivity (Wildman–Crippen MR) is 28.5 cm³/mol. The molecule has 0 unspecified atom stereocenters. The molecular weight excluding hydrogens is 108 g/mol. The first-order chi connectivity index (χ1) is 3.48. The van der Waals surface area contributed by atoms with Gasteiger partial charge in [0.2, 0.25) is 0 Å². The number of carbonyl (C=O) groups excluding carboxylic acids is 1. The maximum Gasteiger partial charge on any atom is 0.343 e. The van der Waals surface area contributed by atoms with Crippen molar-refractivity contribution in [2.45, 2.75) is 19.4 Å². The van der Waals surface area contributed by atoms with E-state index in [4.69, 9.17) is 5.73 Å². The van der Waals surface area contributed by atoms with Crippen LogP contribution in [0.15, 0.2) is 0 Å². The molecule has 0 atom stereocenters. The molecule has 0 aromatic heterocycles. The Morgan fingerprint density at radius 3 is 2.00 bits per heavy atom. The fourth-order valence-electron chi connectivity index (χ4n) is 0.152. The standard InChI is InChI=1S/C4H10N2O2/c1-4(2,5)3(7)8-6/h5-6H2,1-2H3. The van der Waals surface area contributed by atoms with Crippen molar-refractivity contribution in [3.8, 4) is 0 Å². The van der Waals surface area contributed by atoms with Crippen molar-refractivity contribution in [3.63, 3.8) is 0 Å². The van der Waals surface area contributed by atoms with Crippen LogP contribution in [0.1, 0.15) is 13.8 Å². The first kappa shape index (κ1) is 7.39. The number of hydrogen-bond acceptors (Lipinski definition) is 4. The summed E-state index contributed by atoms with van der Waals surface area (Å²) in [6.07, 6.45) is 0. The highest BCUT2D eigenvalue weighted by atomic mass is 16.7. The molecule has 0 saturated heterocycles. The Kier molecular flexibility index (Phi) is 1.94. The Hall–Kier alpha value is -0.610. The predicted octanol–water partition coefficient (Wildman–Crippen LogP) is -0.859. The maximum atomic E-state index is 10.4. The second-order valence-electron chi connectivity index (χ2n) is 2.13. The summed E-state index contributed by atoms with van der Waals surface area (Å²) >= 11 is 0. The Labute approximate surface area is 47.7 Å². The molecule has 0 amide bonds. The summed E-state index contributed by atoms with van der Waals surface area (Å²) in [5.41, 5.74) is 4.26. The van der Waals surface area contributed by atoms with Crippen LogP contribution in [-0.2, 0) is 9.63 Å². The second kappa shape index (κ2) is 2.11. The van der Waals surface area contributed by atoms with Gasteiger partial charge in [-0.2, -0.15) is 5.90 Å². The summed E-state index contributed by atoms with van der Waals surface area (Å²) in [6, 6.07) is 0. The van der Waals surface area contributed by atoms with Crippen molar-refractivity contribution in [1.29, 1.82) is 0 Å². The molecule has 0 aliphatic carbocycles. The van der Waals surface area contributed by atoms with E-state index in [2.05, 4.69) is 10.7 Å². The van der Waals surface area contributed by atoms with E-state index in [0.717, 1.165) is 0 Å². The molecule has 4 N–H and O–H groups in total. The zero-order valence-corrected chi connectivity index (χ0v) is 4.97. The Balaban J connectivity index is 3.82. The maximum absolute atomic E-state index is 10.4. The van der Waals surface area contributed by atoms with E-state index in [9.17, 15) is 4.79 Å². The SMILES string of the molecule is CC(C)(N)C(=O)ON. The molecule has 0 spiro atoms. The molecule has 0 saturated carbocycles. The highest BCUT2D eigenvalue weighted by Crippen LogP contribution is 1.96. The van der Waals surface area contributed by atoms with Gasteiger partial charge in [0.25, 0.3) is 0 Å². The van der Waals surface area contributed by atoms with Gasteiger partial charge in [-0.1, -0.05) is 0 Å². The van der Waals surface area contributed by atoms with Crippen molar-refractivity contribution in [3.05, 3.63) is 0 Å². The van der Waals surface area contributed by atoms with Gasteiger partial charge in [-0.15, -0.1) is 0 Å². The van der Waals surface area contributed by atoms with Gasteiger partial charge < -0.3 is 10.6 Å². The average Bonchev–Trinajstić information content (AvgIpc) is 1.62.